The van der Waals surface area contributed by atoms with Gasteiger partial charge in [0.2, 0.25) is 10.0 Å². The highest BCUT2D eigenvalue weighted by Gasteiger charge is 2.11. The van der Waals surface area contributed by atoms with Gasteiger partial charge in [-0.3, -0.25) is 4.72 Å². The first-order valence-electron chi connectivity index (χ1n) is 5.43. The minimum absolute atomic E-state index is 0.00277. The van der Waals surface area contributed by atoms with Crippen LogP contribution in [0.15, 0.2) is 22.7 Å². The normalized spacial score (nSPS) is 11.3. The van der Waals surface area contributed by atoms with E-state index in [-0.39, 0.29) is 12.4 Å². The number of aliphatic hydroxyl groups excluding tert-OH is 1. The van der Waals surface area contributed by atoms with Crippen LogP contribution in [0.5, 0.6) is 5.75 Å². The van der Waals surface area contributed by atoms with Crippen molar-refractivity contribution in [3.05, 3.63) is 22.7 Å². The number of halogens is 1. The van der Waals surface area contributed by atoms with E-state index in [1.807, 2.05) is 0 Å². The van der Waals surface area contributed by atoms with E-state index in [0.29, 0.717) is 28.8 Å². The molecule has 0 spiro atoms. The molecule has 0 saturated heterocycles. The van der Waals surface area contributed by atoms with Gasteiger partial charge in [-0.15, -0.1) is 0 Å². The third kappa shape index (κ3) is 4.83. The smallest absolute Gasteiger partial charge is 0.232 e. The number of anilines is 1. The standard InChI is InChI=1S/C11H16BrNO4S/c1-17-11-5-4-9(8-10(11)12)13-18(15,16)7-3-2-6-14/h4-5,8,13-14H,2-3,6-7H2,1H3. The molecule has 0 fully saturated rings. The minimum atomic E-state index is -3.37. The van der Waals surface area contributed by atoms with Crippen LogP contribution in [-0.2, 0) is 10.0 Å². The molecule has 0 atom stereocenters. The van der Waals surface area contributed by atoms with E-state index < -0.39 is 10.0 Å². The molecule has 7 heteroatoms. The Labute approximate surface area is 115 Å². The molecule has 0 aliphatic carbocycles. The third-order valence-corrected chi connectivity index (χ3v) is 4.24. The molecule has 0 bridgehead atoms. The number of hydrogen-bond donors (Lipinski definition) is 2. The Kier molecular flexibility index (Phi) is 5.90. The molecule has 0 amide bonds. The van der Waals surface area contributed by atoms with E-state index in [0.717, 1.165) is 0 Å². The summed E-state index contributed by atoms with van der Waals surface area (Å²) in [5.41, 5.74) is 0.478. The summed E-state index contributed by atoms with van der Waals surface area (Å²) in [6.07, 6.45) is 0.913. The molecule has 0 heterocycles. The second-order valence-corrected chi connectivity index (χ2v) is 6.40. The van der Waals surface area contributed by atoms with Crippen molar-refractivity contribution < 1.29 is 18.3 Å². The highest BCUT2D eigenvalue weighted by Crippen LogP contribution is 2.28. The van der Waals surface area contributed by atoms with E-state index in [4.69, 9.17) is 9.84 Å². The molecule has 102 valence electrons. The van der Waals surface area contributed by atoms with E-state index >= 15 is 0 Å². The van der Waals surface area contributed by atoms with Crippen LogP contribution in [0.2, 0.25) is 0 Å². The van der Waals surface area contributed by atoms with Crippen LogP contribution < -0.4 is 9.46 Å². The zero-order valence-corrected chi connectivity index (χ0v) is 12.4. The van der Waals surface area contributed by atoms with Crippen molar-refractivity contribution in [2.24, 2.45) is 0 Å². The molecule has 1 aromatic carbocycles. The number of benzene rings is 1. The molecule has 0 aliphatic rings. The van der Waals surface area contributed by atoms with Crippen molar-refractivity contribution in [2.45, 2.75) is 12.8 Å². The van der Waals surface area contributed by atoms with Crippen LogP contribution in [0, 0.1) is 0 Å². The molecular formula is C11H16BrNO4S. The van der Waals surface area contributed by atoms with Crippen LogP contribution in [0.1, 0.15) is 12.8 Å². The summed E-state index contributed by atoms with van der Waals surface area (Å²) in [6.45, 7) is 0.00358. The molecule has 18 heavy (non-hydrogen) atoms. The second kappa shape index (κ2) is 6.96. The summed E-state index contributed by atoms with van der Waals surface area (Å²) in [7, 11) is -1.83. The summed E-state index contributed by atoms with van der Waals surface area (Å²) < 4.78 is 31.6. The molecule has 0 radical (unpaired) electrons. The fourth-order valence-corrected chi connectivity index (χ4v) is 3.08. The fraction of sp³-hybridized carbons (Fsp3) is 0.455. The number of nitrogens with one attached hydrogen (secondary N) is 1. The first kappa shape index (κ1) is 15.3. The third-order valence-electron chi connectivity index (χ3n) is 2.25. The quantitative estimate of drug-likeness (QED) is 0.746. The maximum absolute atomic E-state index is 11.7. The number of unbranched alkanes of at least 4 members (excludes halogenated alkanes) is 1. The van der Waals surface area contributed by atoms with Crippen LogP contribution in [0.3, 0.4) is 0 Å². The molecule has 5 nitrogen and oxygen atoms in total. The zero-order chi connectivity index (χ0) is 13.6. The van der Waals surface area contributed by atoms with E-state index in [1.54, 1.807) is 25.3 Å². The second-order valence-electron chi connectivity index (χ2n) is 3.70. The lowest BCUT2D eigenvalue weighted by Crippen LogP contribution is -2.16. The first-order valence-corrected chi connectivity index (χ1v) is 7.88. The number of hydrogen-bond acceptors (Lipinski definition) is 4. The summed E-state index contributed by atoms with van der Waals surface area (Å²) in [5.74, 6) is 0.634. The highest BCUT2D eigenvalue weighted by molar-refractivity contribution is 9.10. The van der Waals surface area contributed by atoms with Gasteiger partial charge in [0.1, 0.15) is 5.75 Å². The van der Waals surface area contributed by atoms with Gasteiger partial charge < -0.3 is 9.84 Å². The molecule has 0 unspecified atom stereocenters. The van der Waals surface area contributed by atoms with E-state index in [9.17, 15) is 8.42 Å². The molecule has 0 saturated carbocycles. The Morgan fingerprint density at radius 1 is 1.39 bits per heavy atom. The van der Waals surface area contributed by atoms with Crippen molar-refractivity contribution in [3.8, 4) is 5.75 Å². The van der Waals surface area contributed by atoms with Crippen molar-refractivity contribution in [1.29, 1.82) is 0 Å². The number of ether oxygens (including phenoxy) is 1. The van der Waals surface area contributed by atoms with Crippen molar-refractivity contribution >= 4 is 31.6 Å². The van der Waals surface area contributed by atoms with E-state index in [1.165, 1.54) is 0 Å². The summed E-state index contributed by atoms with van der Waals surface area (Å²) >= 11 is 3.29. The summed E-state index contributed by atoms with van der Waals surface area (Å²) in [6, 6.07) is 4.95. The Bertz CT molecular complexity index is 490. The lowest BCUT2D eigenvalue weighted by atomic mass is 10.3. The van der Waals surface area contributed by atoms with E-state index in [2.05, 4.69) is 20.7 Å². The molecule has 0 aliphatic heterocycles. The van der Waals surface area contributed by atoms with Crippen LogP contribution >= 0.6 is 15.9 Å². The van der Waals surface area contributed by atoms with Crippen LogP contribution in [0.4, 0.5) is 5.69 Å². The Balaban J connectivity index is 2.69. The van der Waals surface area contributed by atoms with Gasteiger partial charge in [-0.05, 0) is 47.0 Å². The van der Waals surface area contributed by atoms with Crippen molar-refractivity contribution in [1.82, 2.24) is 0 Å². The fourth-order valence-electron chi connectivity index (χ4n) is 1.36. The zero-order valence-electron chi connectivity index (χ0n) is 10.0. The molecule has 1 rings (SSSR count). The van der Waals surface area contributed by atoms with Gasteiger partial charge in [0.15, 0.2) is 0 Å². The number of rotatable bonds is 7. The number of sulfonamides is 1. The van der Waals surface area contributed by atoms with Gasteiger partial charge >= 0.3 is 0 Å². The van der Waals surface area contributed by atoms with Crippen LogP contribution in [-0.4, -0.2) is 33.0 Å². The summed E-state index contributed by atoms with van der Waals surface area (Å²) in [5, 5.41) is 8.61. The molecule has 0 aromatic heterocycles. The maximum Gasteiger partial charge on any atom is 0.232 e. The topological polar surface area (TPSA) is 75.6 Å². The predicted molar refractivity (Wildman–Crippen MR) is 74.4 cm³/mol. The van der Waals surface area contributed by atoms with Gasteiger partial charge in [-0.2, -0.15) is 0 Å². The monoisotopic (exact) mass is 337 g/mol. The largest absolute Gasteiger partial charge is 0.496 e. The number of methoxy groups -OCH3 is 1. The highest BCUT2D eigenvalue weighted by atomic mass is 79.9. The molecule has 1 aromatic rings. The first-order chi connectivity index (χ1) is 8.48. The molecular weight excluding hydrogens is 322 g/mol. The lowest BCUT2D eigenvalue weighted by Gasteiger charge is -2.09. The van der Waals surface area contributed by atoms with Gasteiger partial charge in [0.25, 0.3) is 0 Å². The van der Waals surface area contributed by atoms with Gasteiger partial charge in [-0.1, -0.05) is 0 Å². The van der Waals surface area contributed by atoms with Gasteiger partial charge in [-0.25, -0.2) is 8.42 Å². The average molecular weight is 338 g/mol. The SMILES string of the molecule is COc1ccc(NS(=O)(=O)CCCCO)cc1Br. The molecule has 2 N–H and O–H groups in total. The Hall–Kier alpha value is -0.790. The van der Waals surface area contributed by atoms with Crippen molar-refractivity contribution in [2.75, 3.05) is 24.2 Å². The predicted octanol–water partition coefficient (Wildman–Crippen LogP) is 1.97. The lowest BCUT2D eigenvalue weighted by molar-refractivity contribution is 0.287. The Morgan fingerprint density at radius 2 is 2.11 bits per heavy atom. The van der Waals surface area contributed by atoms with Gasteiger partial charge in [0.05, 0.1) is 17.3 Å². The minimum Gasteiger partial charge on any atom is -0.496 e. The average Bonchev–Trinajstić information content (AvgIpc) is 2.29. The number of aliphatic hydroxyl groups is 1. The maximum atomic E-state index is 11.7. The Morgan fingerprint density at radius 3 is 2.67 bits per heavy atom. The van der Waals surface area contributed by atoms with Gasteiger partial charge in [0, 0.05) is 12.3 Å². The van der Waals surface area contributed by atoms with Crippen molar-refractivity contribution in [3.63, 3.8) is 0 Å². The van der Waals surface area contributed by atoms with Crippen LogP contribution in [0.25, 0.3) is 0 Å². The summed E-state index contributed by atoms with van der Waals surface area (Å²) in [4.78, 5) is 0.